The first-order valence-electron chi connectivity index (χ1n) is 5.89. The van der Waals surface area contributed by atoms with E-state index in [1.54, 1.807) is 0 Å². The molecule has 2 atom stereocenters. The first-order chi connectivity index (χ1) is 7.61. The van der Waals surface area contributed by atoms with E-state index in [0.29, 0.717) is 6.42 Å². The second kappa shape index (κ2) is 6.00. The van der Waals surface area contributed by atoms with Crippen LogP contribution in [-0.4, -0.2) is 40.5 Å². The fourth-order valence-electron chi connectivity index (χ4n) is 1.37. The van der Waals surface area contributed by atoms with Crippen LogP contribution in [0.15, 0.2) is 0 Å². The molecular weight excluding hydrogens is 220 g/mol. The molecule has 0 radical (unpaired) electrons. The fraction of sp³-hybridized carbons (Fsp3) is 0.833. The number of hydrogen-bond donors (Lipinski definition) is 2. The highest BCUT2D eigenvalue weighted by Gasteiger charge is 2.33. The summed E-state index contributed by atoms with van der Waals surface area (Å²) in [5.41, 5.74) is 5.51. The van der Waals surface area contributed by atoms with Crippen LogP contribution < -0.4 is 5.73 Å². The number of aliphatic carboxylic acids is 1. The van der Waals surface area contributed by atoms with Crippen molar-refractivity contribution in [2.45, 2.75) is 53.1 Å². The lowest BCUT2D eigenvalue weighted by atomic mass is 9.86. The Balaban J connectivity index is 4.93. The van der Waals surface area contributed by atoms with E-state index in [2.05, 4.69) is 0 Å². The van der Waals surface area contributed by atoms with Crippen LogP contribution in [0.1, 0.15) is 41.0 Å². The molecule has 0 aromatic heterocycles. The average molecular weight is 244 g/mol. The Morgan fingerprint density at radius 1 is 1.35 bits per heavy atom. The summed E-state index contributed by atoms with van der Waals surface area (Å²) in [7, 11) is 0. The van der Waals surface area contributed by atoms with Crippen molar-refractivity contribution in [2.75, 3.05) is 6.54 Å². The highest BCUT2D eigenvalue weighted by Crippen LogP contribution is 2.20. The van der Waals surface area contributed by atoms with Crippen molar-refractivity contribution in [3.05, 3.63) is 0 Å². The minimum atomic E-state index is -1.01. The Morgan fingerprint density at radius 2 is 1.82 bits per heavy atom. The molecule has 0 aliphatic heterocycles. The highest BCUT2D eigenvalue weighted by molar-refractivity contribution is 5.86. The number of amides is 1. The molecule has 0 heterocycles. The molecule has 0 spiro atoms. The molecule has 0 aromatic rings. The van der Waals surface area contributed by atoms with Gasteiger partial charge in [-0.2, -0.15) is 0 Å². The topological polar surface area (TPSA) is 83.6 Å². The average Bonchev–Trinajstić information content (AvgIpc) is 2.21. The molecule has 0 saturated heterocycles. The van der Waals surface area contributed by atoms with E-state index in [0.717, 1.165) is 0 Å². The van der Waals surface area contributed by atoms with Crippen LogP contribution in [0.4, 0.5) is 0 Å². The molecule has 5 heteroatoms. The zero-order valence-electron chi connectivity index (χ0n) is 11.4. The van der Waals surface area contributed by atoms with Gasteiger partial charge in [0.2, 0.25) is 5.91 Å². The normalized spacial score (nSPS) is 15.2. The number of carboxylic acid groups (broad SMARTS) is 1. The van der Waals surface area contributed by atoms with Crippen LogP contribution in [0.2, 0.25) is 0 Å². The Morgan fingerprint density at radius 3 is 2.12 bits per heavy atom. The van der Waals surface area contributed by atoms with Crippen LogP contribution in [0.5, 0.6) is 0 Å². The van der Waals surface area contributed by atoms with Gasteiger partial charge in [-0.05, 0) is 18.8 Å². The van der Waals surface area contributed by atoms with Gasteiger partial charge in [-0.15, -0.1) is 0 Å². The minimum Gasteiger partial charge on any atom is -0.480 e. The molecule has 1 amide bonds. The molecule has 0 aliphatic rings. The standard InChI is InChI=1S/C12H24N2O3/c1-6-8(2)14(7-9(15)16)11(17)10(13)12(3,4)5/h8,10H,6-7,13H2,1-5H3,(H,15,16)/t8?,10-/m0/s1. The van der Waals surface area contributed by atoms with Gasteiger partial charge in [0.1, 0.15) is 6.54 Å². The maximum absolute atomic E-state index is 12.2. The second-order valence-electron chi connectivity index (χ2n) is 5.46. The smallest absolute Gasteiger partial charge is 0.323 e. The summed E-state index contributed by atoms with van der Waals surface area (Å²) in [4.78, 5) is 24.3. The van der Waals surface area contributed by atoms with Gasteiger partial charge < -0.3 is 15.7 Å². The van der Waals surface area contributed by atoms with Crippen LogP contribution in [0.3, 0.4) is 0 Å². The lowest BCUT2D eigenvalue weighted by Crippen LogP contribution is -2.54. The Bertz CT molecular complexity index is 284. The highest BCUT2D eigenvalue weighted by atomic mass is 16.4. The van der Waals surface area contributed by atoms with Gasteiger partial charge in [-0.1, -0.05) is 27.7 Å². The molecular formula is C12H24N2O3. The largest absolute Gasteiger partial charge is 0.480 e. The number of rotatable bonds is 5. The summed E-state index contributed by atoms with van der Waals surface area (Å²) >= 11 is 0. The molecule has 0 bridgehead atoms. The van der Waals surface area contributed by atoms with Crippen molar-refractivity contribution >= 4 is 11.9 Å². The maximum Gasteiger partial charge on any atom is 0.323 e. The molecule has 100 valence electrons. The number of carbonyl (C=O) groups is 2. The van der Waals surface area contributed by atoms with Gasteiger partial charge in [-0.3, -0.25) is 9.59 Å². The summed E-state index contributed by atoms with van der Waals surface area (Å²) in [6, 6.07) is -0.803. The van der Waals surface area contributed by atoms with Gasteiger partial charge in [0.25, 0.3) is 0 Å². The van der Waals surface area contributed by atoms with E-state index in [1.807, 2.05) is 34.6 Å². The number of nitrogens with two attached hydrogens (primary N) is 1. The number of hydrogen-bond acceptors (Lipinski definition) is 3. The lowest BCUT2D eigenvalue weighted by Gasteiger charge is -2.34. The fourth-order valence-corrected chi connectivity index (χ4v) is 1.37. The van der Waals surface area contributed by atoms with Gasteiger partial charge in [0.05, 0.1) is 6.04 Å². The molecule has 0 fully saturated rings. The predicted molar refractivity (Wildman–Crippen MR) is 66.5 cm³/mol. The Hall–Kier alpha value is -1.10. The van der Waals surface area contributed by atoms with Crippen molar-refractivity contribution in [3.8, 4) is 0 Å². The van der Waals surface area contributed by atoms with E-state index in [-0.39, 0.29) is 23.9 Å². The van der Waals surface area contributed by atoms with Crippen LogP contribution in [0.25, 0.3) is 0 Å². The third kappa shape index (κ3) is 4.73. The molecule has 3 N–H and O–H groups in total. The van der Waals surface area contributed by atoms with Crippen LogP contribution in [0, 0.1) is 5.41 Å². The molecule has 0 aliphatic carbocycles. The van der Waals surface area contributed by atoms with Crippen molar-refractivity contribution in [3.63, 3.8) is 0 Å². The van der Waals surface area contributed by atoms with E-state index < -0.39 is 12.0 Å². The zero-order valence-corrected chi connectivity index (χ0v) is 11.4. The van der Waals surface area contributed by atoms with Crippen molar-refractivity contribution in [2.24, 2.45) is 11.1 Å². The molecule has 5 nitrogen and oxygen atoms in total. The Labute approximate surface area is 103 Å². The van der Waals surface area contributed by atoms with Gasteiger partial charge in [0.15, 0.2) is 0 Å². The first kappa shape index (κ1) is 15.9. The summed E-state index contributed by atoms with van der Waals surface area (Å²) in [6.07, 6.45) is 0.704. The molecule has 0 aromatic carbocycles. The summed E-state index contributed by atoms with van der Waals surface area (Å²) < 4.78 is 0. The van der Waals surface area contributed by atoms with Gasteiger partial charge >= 0.3 is 5.97 Å². The van der Waals surface area contributed by atoms with Gasteiger partial charge in [0, 0.05) is 6.04 Å². The number of carbonyl (C=O) groups excluding carboxylic acids is 1. The van der Waals surface area contributed by atoms with E-state index >= 15 is 0 Å². The second-order valence-corrected chi connectivity index (χ2v) is 5.46. The summed E-state index contributed by atoms with van der Waals surface area (Å²) in [5.74, 6) is -1.31. The monoisotopic (exact) mass is 244 g/mol. The predicted octanol–water partition coefficient (Wildman–Crippen LogP) is 1.07. The third-order valence-corrected chi connectivity index (χ3v) is 2.91. The number of nitrogens with zero attached hydrogens (tertiary/aromatic N) is 1. The molecule has 0 rings (SSSR count). The molecule has 17 heavy (non-hydrogen) atoms. The quantitative estimate of drug-likeness (QED) is 0.757. The van der Waals surface area contributed by atoms with E-state index in [1.165, 1.54) is 4.90 Å². The van der Waals surface area contributed by atoms with Crippen molar-refractivity contribution in [1.82, 2.24) is 4.90 Å². The van der Waals surface area contributed by atoms with Crippen molar-refractivity contribution < 1.29 is 14.7 Å². The van der Waals surface area contributed by atoms with E-state index in [9.17, 15) is 9.59 Å². The zero-order chi connectivity index (χ0) is 13.8. The summed E-state index contributed by atoms with van der Waals surface area (Å²) in [6.45, 7) is 9.05. The summed E-state index contributed by atoms with van der Waals surface area (Å²) in [5, 5.41) is 8.83. The van der Waals surface area contributed by atoms with Crippen LogP contribution in [-0.2, 0) is 9.59 Å². The van der Waals surface area contributed by atoms with Crippen LogP contribution >= 0.6 is 0 Å². The molecule has 0 saturated carbocycles. The van der Waals surface area contributed by atoms with Gasteiger partial charge in [-0.25, -0.2) is 0 Å². The van der Waals surface area contributed by atoms with Crippen molar-refractivity contribution in [1.29, 1.82) is 0 Å². The SMILES string of the molecule is CCC(C)N(CC(=O)O)C(=O)[C@H](N)C(C)(C)C. The van der Waals surface area contributed by atoms with E-state index in [4.69, 9.17) is 10.8 Å². The Kier molecular flexibility index (Phi) is 5.61. The lowest BCUT2D eigenvalue weighted by molar-refractivity contribution is -0.147. The number of carboxylic acids is 1. The first-order valence-corrected chi connectivity index (χ1v) is 5.89. The maximum atomic E-state index is 12.2. The molecule has 1 unspecified atom stereocenters. The minimum absolute atomic E-state index is 0.119. The third-order valence-electron chi connectivity index (χ3n) is 2.91.